The molecule has 0 aliphatic carbocycles. The third-order valence-corrected chi connectivity index (χ3v) is 4.38. The first-order valence-electron chi connectivity index (χ1n) is 8.90. The highest BCUT2D eigenvalue weighted by Crippen LogP contribution is 2.39. The second-order valence-corrected chi connectivity index (χ2v) is 6.33. The summed E-state index contributed by atoms with van der Waals surface area (Å²) in [5, 5.41) is 0. The molecule has 3 aromatic rings. The number of hydrogen-bond donors (Lipinski definition) is 0. The third kappa shape index (κ3) is 3.34. The zero-order valence-electron chi connectivity index (χ0n) is 15.2. The molecule has 0 N–H and O–H groups in total. The monoisotopic (exact) mass is 357 g/mol. The predicted molar refractivity (Wildman–Crippen MR) is 105 cm³/mol. The van der Waals surface area contributed by atoms with Crippen molar-refractivity contribution < 1.29 is 14.3 Å². The SMILES string of the molecule is CCOC(=O)c1ccc(C2=Nc3cc(C)ccc3Oc3ccccc32)cc1. The van der Waals surface area contributed by atoms with Crippen LogP contribution in [0.2, 0.25) is 0 Å². The van der Waals surface area contributed by atoms with E-state index in [4.69, 9.17) is 14.5 Å². The molecule has 0 radical (unpaired) electrons. The Morgan fingerprint density at radius 1 is 1.00 bits per heavy atom. The minimum absolute atomic E-state index is 0.323. The molecule has 0 atom stereocenters. The molecule has 0 unspecified atom stereocenters. The number of ether oxygens (including phenoxy) is 2. The van der Waals surface area contributed by atoms with Gasteiger partial charge in [0.05, 0.1) is 17.9 Å². The van der Waals surface area contributed by atoms with E-state index in [1.54, 1.807) is 19.1 Å². The molecule has 1 aliphatic heterocycles. The summed E-state index contributed by atoms with van der Waals surface area (Å²) < 4.78 is 11.2. The quantitative estimate of drug-likeness (QED) is 0.458. The second kappa shape index (κ2) is 7.08. The number of carbonyl (C=O) groups is 1. The Morgan fingerprint density at radius 2 is 1.78 bits per heavy atom. The summed E-state index contributed by atoms with van der Waals surface area (Å²) in [6.45, 7) is 4.18. The van der Waals surface area contributed by atoms with Gasteiger partial charge in [-0.15, -0.1) is 0 Å². The van der Waals surface area contributed by atoms with Crippen molar-refractivity contribution in [2.75, 3.05) is 6.61 Å². The Kier molecular flexibility index (Phi) is 4.47. The number of aryl methyl sites for hydroxylation is 1. The molecule has 1 aliphatic rings. The lowest BCUT2D eigenvalue weighted by molar-refractivity contribution is 0.0526. The van der Waals surface area contributed by atoms with Crippen LogP contribution in [0.4, 0.5) is 5.69 Å². The molecule has 0 bridgehead atoms. The minimum atomic E-state index is -0.323. The average molecular weight is 357 g/mol. The lowest BCUT2D eigenvalue weighted by atomic mass is 10.00. The van der Waals surface area contributed by atoms with Crippen LogP contribution >= 0.6 is 0 Å². The van der Waals surface area contributed by atoms with Crippen LogP contribution in [-0.4, -0.2) is 18.3 Å². The fourth-order valence-electron chi connectivity index (χ4n) is 3.05. The number of nitrogens with zero attached hydrogens (tertiary/aromatic N) is 1. The van der Waals surface area contributed by atoms with Gasteiger partial charge in [0, 0.05) is 11.1 Å². The van der Waals surface area contributed by atoms with Crippen LogP contribution in [0, 0.1) is 6.92 Å². The largest absolute Gasteiger partial charge is 0.462 e. The Hall–Kier alpha value is -3.40. The lowest BCUT2D eigenvalue weighted by Crippen LogP contribution is -2.07. The molecule has 0 aromatic heterocycles. The van der Waals surface area contributed by atoms with Gasteiger partial charge in [-0.1, -0.05) is 30.3 Å². The highest BCUT2D eigenvalue weighted by atomic mass is 16.5. The highest BCUT2D eigenvalue weighted by Gasteiger charge is 2.19. The van der Waals surface area contributed by atoms with Gasteiger partial charge in [-0.2, -0.15) is 0 Å². The summed E-state index contributed by atoms with van der Waals surface area (Å²) in [6, 6.07) is 21.1. The number of aliphatic imine (C=N–C) groups is 1. The summed E-state index contributed by atoms with van der Waals surface area (Å²) in [5.41, 5.74) is 5.06. The number of carbonyl (C=O) groups excluding carboxylic acids is 1. The number of benzene rings is 3. The molecule has 134 valence electrons. The third-order valence-electron chi connectivity index (χ3n) is 4.38. The zero-order valence-corrected chi connectivity index (χ0v) is 15.2. The Labute approximate surface area is 158 Å². The number of esters is 1. The van der Waals surface area contributed by atoms with Crippen molar-refractivity contribution in [3.63, 3.8) is 0 Å². The maximum atomic E-state index is 11.9. The molecule has 0 saturated carbocycles. The molecule has 1 heterocycles. The Balaban J connectivity index is 1.83. The molecule has 0 fully saturated rings. The van der Waals surface area contributed by atoms with Crippen molar-refractivity contribution >= 4 is 17.4 Å². The summed E-state index contributed by atoms with van der Waals surface area (Å²) in [7, 11) is 0. The van der Waals surface area contributed by atoms with E-state index in [-0.39, 0.29) is 5.97 Å². The van der Waals surface area contributed by atoms with Gasteiger partial charge in [0.25, 0.3) is 0 Å². The summed E-state index contributed by atoms with van der Waals surface area (Å²) in [4.78, 5) is 16.8. The van der Waals surface area contributed by atoms with Crippen molar-refractivity contribution in [1.29, 1.82) is 0 Å². The standard InChI is InChI=1S/C23H19NO3/c1-3-26-23(25)17-11-9-16(10-12-17)22-18-6-4-5-7-20(18)27-21-13-8-15(2)14-19(21)24-22/h4-14H,3H2,1-2H3. The van der Waals surface area contributed by atoms with Crippen LogP contribution < -0.4 is 4.74 Å². The molecule has 0 spiro atoms. The minimum Gasteiger partial charge on any atom is -0.462 e. The molecular weight excluding hydrogens is 338 g/mol. The number of hydrogen-bond acceptors (Lipinski definition) is 4. The molecule has 27 heavy (non-hydrogen) atoms. The number of fused-ring (bicyclic) bond motifs is 2. The Bertz CT molecular complexity index is 1040. The van der Waals surface area contributed by atoms with Crippen molar-refractivity contribution in [3.8, 4) is 11.5 Å². The van der Waals surface area contributed by atoms with Crippen LogP contribution in [0.25, 0.3) is 0 Å². The fraction of sp³-hybridized carbons (Fsp3) is 0.130. The molecule has 4 rings (SSSR count). The normalized spacial score (nSPS) is 12.1. The summed E-state index contributed by atoms with van der Waals surface area (Å²) >= 11 is 0. The van der Waals surface area contributed by atoms with E-state index in [2.05, 4.69) is 0 Å². The Morgan fingerprint density at radius 3 is 2.56 bits per heavy atom. The van der Waals surface area contributed by atoms with Crippen molar-refractivity contribution in [3.05, 3.63) is 89.0 Å². The topological polar surface area (TPSA) is 47.9 Å². The fourth-order valence-corrected chi connectivity index (χ4v) is 3.05. The number of para-hydroxylation sites is 1. The predicted octanol–water partition coefficient (Wildman–Crippen LogP) is 5.45. The van der Waals surface area contributed by atoms with Crippen LogP contribution in [0.15, 0.2) is 71.7 Å². The van der Waals surface area contributed by atoms with Gasteiger partial charge in [-0.3, -0.25) is 0 Å². The van der Waals surface area contributed by atoms with Gasteiger partial charge in [-0.05, 0) is 55.8 Å². The first-order valence-corrected chi connectivity index (χ1v) is 8.90. The van der Waals surface area contributed by atoms with Crippen LogP contribution in [0.1, 0.15) is 34.0 Å². The van der Waals surface area contributed by atoms with E-state index >= 15 is 0 Å². The van der Waals surface area contributed by atoms with E-state index in [1.165, 1.54) is 0 Å². The van der Waals surface area contributed by atoms with Crippen LogP contribution in [-0.2, 0) is 4.74 Å². The van der Waals surface area contributed by atoms with E-state index in [0.717, 1.165) is 39.6 Å². The first kappa shape index (κ1) is 17.0. The maximum Gasteiger partial charge on any atom is 0.338 e. The molecular formula is C23H19NO3. The molecule has 4 nitrogen and oxygen atoms in total. The van der Waals surface area contributed by atoms with Gasteiger partial charge in [0.15, 0.2) is 5.75 Å². The van der Waals surface area contributed by atoms with Crippen LogP contribution in [0.3, 0.4) is 0 Å². The van der Waals surface area contributed by atoms with Gasteiger partial charge in [-0.25, -0.2) is 9.79 Å². The van der Waals surface area contributed by atoms with Crippen molar-refractivity contribution in [1.82, 2.24) is 0 Å². The van der Waals surface area contributed by atoms with E-state index in [0.29, 0.717) is 12.2 Å². The van der Waals surface area contributed by atoms with Crippen molar-refractivity contribution in [2.24, 2.45) is 4.99 Å². The average Bonchev–Trinajstić information content (AvgIpc) is 2.85. The van der Waals surface area contributed by atoms with E-state index in [9.17, 15) is 4.79 Å². The number of rotatable bonds is 3. The zero-order chi connectivity index (χ0) is 18.8. The smallest absolute Gasteiger partial charge is 0.338 e. The molecule has 0 saturated heterocycles. The van der Waals surface area contributed by atoms with Gasteiger partial charge >= 0.3 is 5.97 Å². The van der Waals surface area contributed by atoms with Gasteiger partial charge in [0.1, 0.15) is 11.4 Å². The molecule has 3 aromatic carbocycles. The highest BCUT2D eigenvalue weighted by molar-refractivity contribution is 6.16. The second-order valence-electron chi connectivity index (χ2n) is 6.33. The maximum absolute atomic E-state index is 11.9. The van der Waals surface area contributed by atoms with E-state index in [1.807, 2.05) is 61.5 Å². The molecule has 0 amide bonds. The lowest BCUT2D eigenvalue weighted by Gasteiger charge is -2.10. The van der Waals surface area contributed by atoms with E-state index < -0.39 is 0 Å². The van der Waals surface area contributed by atoms with Crippen LogP contribution in [0.5, 0.6) is 11.5 Å². The molecule has 4 heteroatoms. The summed E-state index contributed by atoms with van der Waals surface area (Å²) in [6.07, 6.45) is 0. The van der Waals surface area contributed by atoms with Crippen molar-refractivity contribution in [2.45, 2.75) is 13.8 Å². The van der Waals surface area contributed by atoms with Gasteiger partial charge in [0.2, 0.25) is 0 Å². The first-order chi connectivity index (χ1) is 13.2. The van der Waals surface area contributed by atoms with Gasteiger partial charge < -0.3 is 9.47 Å². The summed E-state index contributed by atoms with van der Waals surface area (Å²) in [5.74, 6) is 1.16.